The van der Waals surface area contributed by atoms with Gasteiger partial charge in [-0.1, -0.05) is 0 Å². The lowest BCUT2D eigenvalue weighted by molar-refractivity contribution is -0.137. The summed E-state index contributed by atoms with van der Waals surface area (Å²) in [6, 6.07) is 0. The number of rotatable bonds is 5. The summed E-state index contributed by atoms with van der Waals surface area (Å²) in [6.45, 7) is 1.08. The van der Waals surface area contributed by atoms with Crippen molar-refractivity contribution < 1.29 is 26.7 Å². The van der Waals surface area contributed by atoms with Crippen molar-refractivity contribution in [2.75, 3.05) is 0 Å². The second-order valence-electron chi connectivity index (χ2n) is 6.36. The van der Waals surface area contributed by atoms with Gasteiger partial charge in [-0.2, -0.15) is 18.3 Å². The zero-order chi connectivity index (χ0) is 18.1. The molecule has 2 rings (SSSR count). The van der Waals surface area contributed by atoms with Crippen LogP contribution >= 0.6 is 0 Å². The van der Waals surface area contributed by atoms with Crippen LogP contribution in [0.25, 0.3) is 0 Å². The number of hydrogen-bond acceptors (Lipinski definition) is 2. The van der Waals surface area contributed by atoms with Crippen LogP contribution in [0.15, 0.2) is 0 Å². The number of carbonyl (C=O) groups excluding carboxylic acids is 1. The molecule has 0 aliphatic heterocycles. The van der Waals surface area contributed by atoms with Gasteiger partial charge >= 0.3 is 6.18 Å². The minimum absolute atomic E-state index is 0.0758. The fraction of sp³-hybridized carbons (Fsp3) is 0.733. The summed E-state index contributed by atoms with van der Waals surface area (Å²) in [5, 5.41) is 4.09. The molecular weight excluding hydrogens is 333 g/mol. The Morgan fingerprint density at radius 3 is 2.42 bits per heavy atom. The number of nitrogens with zero attached hydrogens (tertiary/aromatic N) is 2. The van der Waals surface area contributed by atoms with Crippen LogP contribution in [0.1, 0.15) is 53.8 Å². The molecule has 1 aromatic heterocycles. The van der Waals surface area contributed by atoms with Gasteiger partial charge in [-0.25, -0.2) is 8.78 Å². The molecule has 1 amide bonds. The molecule has 1 saturated carbocycles. The lowest BCUT2D eigenvalue weighted by Gasteiger charge is -2.27. The Morgan fingerprint density at radius 1 is 1.33 bits per heavy atom. The Kier molecular flexibility index (Phi) is 5.19. The fourth-order valence-corrected chi connectivity index (χ4v) is 3.10. The van der Waals surface area contributed by atoms with Gasteiger partial charge in [-0.05, 0) is 32.1 Å². The SMILES string of the molecule is Cc1c(C(N)=O)c(CC2CCC(F)(F)CC2)nn1CCC(F)(F)F. The van der Waals surface area contributed by atoms with Gasteiger partial charge in [-0.15, -0.1) is 0 Å². The second-order valence-corrected chi connectivity index (χ2v) is 6.36. The van der Waals surface area contributed by atoms with Crippen LogP contribution in [0.2, 0.25) is 0 Å². The van der Waals surface area contributed by atoms with Crippen LogP contribution in [0, 0.1) is 12.8 Å². The number of alkyl halides is 5. The number of aryl methyl sites for hydroxylation is 1. The molecule has 0 aromatic carbocycles. The van der Waals surface area contributed by atoms with Gasteiger partial charge in [0, 0.05) is 25.1 Å². The van der Waals surface area contributed by atoms with E-state index in [1.54, 1.807) is 0 Å². The van der Waals surface area contributed by atoms with Crippen LogP contribution in [0.5, 0.6) is 0 Å². The van der Waals surface area contributed by atoms with E-state index in [-0.39, 0.29) is 36.4 Å². The van der Waals surface area contributed by atoms with E-state index in [2.05, 4.69) is 5.10 Å². The molecule has 0 atom stereocenters. The van der Waals surface area contributed by atoms with E-state index in [4.69, 9.17) is 5.73 Å². The van der Waals surface area contributed by atoms with Gasteiger partial charge < -0.3 is 5.73 Å². The van der Waals surface area contributed by atoms with E-state index >= 15 is 0 Å². The minimum Gasteiger partial charge on any atom is -0.365 e. The third kappa shape index (κ3) is 4.67. The number of hydrogen-bond donors (Lipinski definition) is 1. The largest absolute Gasteiger partial charge is 0.390 e. The van der Waals surface area contributed by atoms with Crippen LogP contribution in [-0.4, -0.2) is 27.8 Å². The van der Waals surface area contributed by atoms with E-state index in [1.165, 1.54) is 6.92 Å². The molecule has 9 heteroatoms. The quantitative estimate of drug-likeness (QED) is 0.822. The zero-order valence-electron chi connectivity index (χ0n) is 13.3. The standard InChI is InChI=1S/C15H20F5N3O/c1-9-12(13(21)24)11(22-23(9)7-6-15(18,19)20)8-10-2-4-14(16,17)5-3-10/h10H,2-8H2,1H3,(H2,21,24). The maximum atomic E-state index is 13.2. The van der Waals surface area contributed by atoms with E-state index in [9.17, 15) is 26.7 Å². The van der Waals surface area contributed by atoms with Gasteiger partial charge in [0.25, 0.3) is 5.91 Å². The maximum Gasteiger partial charge on any atom is 0.390 e. The molecule has 24 heavy (non-hydrogen) atoms. The third-order valence-electron chi connectivity index (χ3n) is 4.45. The summed E-state index contributed by atoms with van der Waals surface area (Å²) in [7, 11) is 0. The molecule has 0 bridgehead atoms. The minimum atomic E-state index is -4.33. The van der Waals surface area contributed by atoms with E-state index in [0.29, 0.717) is 18.5 Å². The summed E-state index contributed by atoms with van der Waals surface area (Å²) in [5.41, 5.74) is 6.01. The second kappa shape index (κ2) is 6.68. The monoisotopic (exact) mass is 353 g/mol. The van der Waals surface area contributed by atoms with E-state index < -0.39 is 31.0 Å². The molecule has 4 nitrogen and oxygen atoms in total. The number of aromatic nitrogens is 2. The summed E-state index contributed by atoms with van der Waals surface area (Å²) in [4.78, 5) is 11.6. The smallest absolute Gasteiger partial charge is 0.365 e. The number of primary amides is 1. The first-order valence-electron chi connectivity index (χ1n) is 7.79. The molecule has 2 N–H and O–H groups in total. The summed E-state index contributed by atoms with van der Waals surface area (Å²) >= 11 is 0. The average Bonchev–Trinajstić information content (AvgIpc) is 2.74. The summed E-state index contributed by atoms with van der Waals surface area (Å²) < 4.78 is 64.7. The number of amides is 1. The highest BCUT2D eigenvalue weighted by Crippen LogP contribution is 2.37. The van der Waals surface area contributed by atoms with Gasteiger partial charge in [0.1, 0.15) is 0 Å². The van der Waals surface area contributed by atoms with Crippen molar-refractivity contribution in [3.05, 3.63) is 17.0 Å². The highest BCUT2D eigenvalue weighted by molar-refractivity contribution is 5.95. The van der Waals surface area contributed by atoms with E-state index in [0.717, 1.165) is 4.68 Å². The fourth-order valence-electron chi connectivity index (χ4n) is 3.10. The average molecular weight is 353 g/mol. The zero-order valence-corrected chi connectivity index (χ0v) is 13.3. The molecule has 1 heterocycles. The normalized spacial score (nSPS) is 18.8. The lowest BCUT2D eigenvalue weighted by atomic mass is 9.83. The lowest BCUT2D eigenvalue weighted by Crippen LogP contribution is -2.26. The van der Waals surface area contributed by atoms with Gasteiger partial charge in [0.2, 0.25) is 5.92 Å². The van der Waals surface area contributed by atoms with Crippen molar-refractivity contribution in [2.24, 2.45) is 11.7 Å². The number of halogens is 5. The molecule has 0 spiro atoms. The predicted molar refractivity (Wildman–Crippen MR) is 76.8 cm³/mol. The van der Waals surface area contributed by atoms with Crippen molar-refractivity contribution in [2.45, 2.75) is 64.1 Å². The van der Waals surface area contributed by atoms with Crippen molar-refractivity contribution in [3.63, 3.8) is 0 Å². The van der Waals surface area contributed by atoms with Crippen molar-refractivity contribution >= 4 is 5.91 Å². The van der Waals surface area contributed by atoms with Gasteiger partial charge in [0.05, 0.1) is 17.7 Å². The molecule has 0 unspecified atom stereocenters. The van der Waals surface area contributed by atoms with Gasteiger partial charge in [0.15, 0.2) is 0 Å². The number of carbonyl (C=O) groups is 1. The molecule has 0 saturated heterocycles. The number of nitrogens with two attached hydrogens (primary N) is 1. The predicted octanol–water partition coefficient (Wildman–Crippen LogP) is 3.61. The highest BCUT2D eigenvalue weighted by atomic mass is 19.4. The van der Waals surface area contributed by atoms with Crippen molar-refractivity contribution in [1.82, 2.24) is 9.78 Å². The van der Waals surface area contributed by atoms with Crippen LogP contribution in [0.4, 0.5) is 22.0 Å². The maximum absolute atomic E-state index is 13.2. The van der Waals surface area contributed by atoms with E-state index in [1.807, 2.05) is 0 Å². The molecule has 1 fully saturated rings. The molecule has 1 aliphatic carbocycles. The van der Waals surface area contributed by atoms with Crippen molar-refractivity contribution in [3.8, 4) is 0 Å². The molecule has 0 radical (unpaired) electrons. The Balaban J connectivity index is 2.15. The van der Waals surface area contributed by atoms with Gasteiger partial charge in [-0.3, -0.25) is 9.48 Å². The first-order chi connectivity index (χ1) is 11.0. The first-order valence-corrected chi connectivity index (χ1v) is 7.79. The molecule has 1 aliphatic rings. The third-order valence-corrected chi connectivity index (χ3v) is 4.45. The van der Waals surface area contributed by atoms with Crippen molar-refractivity contribution in [1.29, 1.82) is 0 Å². The van der Waals surface area contributed by atoms with Crippen LogP contribution < -0.4 is 5.73 Å². The summed E-state index contributed by atoms with van der Waals surface area (Å²) in [6.07, 6.45) is -4.99. The molecule has 136 valence electrons. The first kappa shape index (κ1) is 18.7. The topological polar surface area (TPSA) is 60.9 Å². The van der Waals surface area contributed by atoms with Crippen LogP contribution in [0.3, 0.4) is 0 Å². The molecular formula is C15H20F5N3O. The van der Waals surface area contributed by atoms with Crippen LogP contribution in [-0.2, 0) is 13.0 Å². The Morgan fingerprint density at radius 2 is 1.92 bits per heavy atom. The Bertz CT molecular complexity index is 599. The highest BCUT2D eigenvalue weighted by Gasteiger charge is 2.36. The Labute approximate surface area is 136 Å². The summed E-state index contributed by atoms with van der Waals surface area (Å²) in [5.74, 6) is -3.50. The Hall–Kier alpha value is -1.67. The molecule has 1 aromatic rings.